The van der Waals surface area contributed by atoms with Gasteiger partial charge in [0, 0.05) is 13.2 Å². The number of phosphoric ester groups is 1. The molecule has 0 aromatic rings. The van der Waals surface area contributed by atoms with Crippen LogP contribution in [0.15, 0.2) is 0 Å². The van der Waals surface area contributed by atoms with E-state index in [9.17, 15) is 9.46 Å². The quantitative estimate of drug-likeness (QED) is 0.0443. The molecule has 0 aromatic heterocycles. The zero-order valence-corrected chi connectivity index (χ0v) is 28.2. The third kappa shape index (κ3) is 30.9. The highest BCUT2D eigenvalue weighted by atomic mass is 31.2. The van der Waals surface area contributed by atoms with Crippen molar-refractivity contribution in [3.8, 4) is 0 Å². The molecular weight excluding hydrogens is 525 g/mol. The van der Waals surface area contributed by atoms with Crippen LogP contribution >= 0.6 is 7.82 Å². The Morgan fingerprint density at radius 3 is 1.45 bits per heavy atom. The molecule has 0 bridgehead atoms. The van der Waals surface area contributed by atoms with E-state index in [1.54, 1.807) is 0 Å². The molecule has 0 radical (unpaired) electrons. The maximum Gasteiger partial charge on any atom is 0.268 e. The molecule has 7 nitrogen and oxygen atoms in total. The molecule has 2 atom stereocenters. The smallest absolute Gasteiger partial charge is 0.268 e. The van der Waals surface area contributed by atoms with Gasteiger partial charge in [0.25, 0.3) is 7.82 Å². The van der Waals surface area contributed by atoms with Gasteiger partial charge in [-0.15, -0.1) is 0 Å². The van der Waals surface area contributed by atoms with Crippen LogP contribution in [0.5, 0.6) is 0 Å². The Hall–Kier alpha value is -0.0100. The summed E-state index contributed by atoms with van der Waals surface area (Å²) in [6.45, 7) is 6.73. The average Bonchev–Trinajstić information content (AvgIpc) is 2.89. The minimum Gasteiger partial charge on any atom is -0.756 e. The lowest BCUT2D eigenvalue weighted by molar-refractivity contribution is -0.870. The van der Waals surface area contributed by atoms with Crippen LogP contribution in [-0.2, 0) is 23.1 Å². The van der Waals surface area contributed by atoms with Gasteiger partial charge in [-0.3, -0.25) is 4.57 Å². The number of hydrogen-bond donors (Lipinski definition) is 0. The van der Waals surface area contributed by atoms with Gasteiger partial charge in [0.05, 0.1) is 34.4 Å². The van der Waals surface area contributed by atoms with Crippen molar-refractivity contribution in [2.24, 2.45) is 0 Å². The molecule has 0 aliphatic rings. The number of likely N-dealkylation sites (N-methyl/N-ethyl adjacent to an activating group) is 1. The fraction of sp³-hybridized carbons (Fsp3) is 1.00. The number of ether oxygens (including phenoxy) is 2. The van der Waals surface area contributed by atoms with Crippen LogP contribution < -0.4 is 4.89 Å². The summed E-state index contributed by atoms with van der Waals surface area (Å²) in [7, 11) is 1.60. The Morgan fingerprint density at radius 2 is 1.00 bits per heavy atom. The van der Waals surface area contributed by atoms with Gasteiger partial charge in [0.1, 0.15) is 19.3 Å². The van der Waals surface area contributed by atoms with Gasteiger partial charge >= 0.3 is 0 Å². The lowest BCUT2D eigenvalue weighted by Crippen LogP contribution is -2.37. The van der Waals surface area contributed by atoms with Crippen LogP contribution in [0.4, 0.5) is 0 Å². The molecule has 0 spiro atoms. The van der Waals surface area contributed by atoms with Crippen molar-refractivity contribution in [2.75, 3.05) is 60.7 Å². The molecule has 0 aliphatic heterocycles. The van der Waals surface area contributed by atoms with Crippen LogP contribution in [0.2, 0.25) is 0 Å². The molecule has 0 aromatic carbocycles. The molecule has 2 unspecified atom stereocenters. The summed E-state index contributed by atoms with van der Waals surface area (Å²) in [5.74, 6) is 0. The van der Waals surface area contributed by atoms with Crippen LogP contribution in [0.25, 0.3) is 0 Å². The number of nitrogens with zero attached hydrogens (tertiary/aromatic N) is 1. The SMILES string of the molecule is CCCCCCCCCCCCOCC(COP(=O)([O-])OCC[N+](C)(C)C)OCCCCCCCCCCCC. The number of rotatable bonds is 32. The van der Waals surface area contributed by atoms with Gasteiger partial charge in [0.15, 0.2) is 0 Å². The molecule has 0 saturated heterocycles. The van der Waals surface area contributed by atoms with Gasteiger partial charge in [-0.25, -0.2) is 0 Å². The van der Waals surface area contributed by atoms with E-state index in [0.29, 0.717) is 30.8 Å². The highest BCUT2D eigenvalue weighted by Gasteiger charge is 2.17. The summed E-state index contributed by atoms with van der Waals surface area (Å²) in [4.78, 5) is 12.2. The second-order valence-electron chi connectivity index (χ2n) is 12.5. The predicted octanol–water partition coefficient (Wildman–Crippen LogP) is 8.44. The van der Waals surface area contributed by atoms with E-state index in [-0.39, 0.29) is 13.2 Å². The normalized spacial score (nSPS) is 14.4. The summed E-state index contributed by atoms with van der Waals surface area (Å²) < 4.78 is 35.0. The third-order valence-corrected chi connectivity index (χ3v) is 8.19. The summed E-state index contributed by atoms with van der Waals surface area (Å²) in [5, 5.41) is 0. The van der Waals surface area contributed by atoms with Crippen molar-refractivity contribution >= 4 is 7.82 Å². The summed E-state index contributed by atoms with van der Waals surface area (Å²) in [6.07, 6.45) is 25.1. The van der Waals surface area contributed by atoms with E-state index in [0.717, 1.165) is 19.3 Å². The second-order valence-corrected chi connectivity index (χ2v) is 13.9. The largest absolute Gasteiger partial charge is 0.756 e. The van der Waals surface area contributed by atoms with Crippen LogP contribution in [0.3, 0.4) is 0 Å². The summed E-state index contributed by atoms with van der Waals surface area (Å²) in [6, 6.07) is 0. The fourth-order valence-corrected chi connectivity index (χ4v) is 5.26. The first kappa shape index (κ1) is 40.0. The number of phosphoric acid groups is 1. The van der Waals surface area contributed by atoms with Crippen molar-refractivity contribution in [3.63, 3.8) is 0 Å². The number of quaternary nitrogens is 1. The minimum absolute atomic E-state index is 0.0685. The third-order valence-electron chi connectivity index (χ3n) is 7.23. The fourth-order valence-electron chi connectivity index (χ4n) is 4.53. The Labute approximate surface area is 249 Å². The molecule has 0 amide bonds. The standard InChI is InChI=1S/C32H68NO6P/c1-6-8-10-12-14-16-18-20-22-24-27-36-30-32(31-39-40(34,35)38-29-26-33(3,4)5)37-28-25-23-21-19-17-15-13-11-9-7-2/h32H,6-31H2,1-5H3. The Bertz CT molecular complexity index is 572. The zero-order valence-electron chi connectivity index (χ0n) is 27.3. The average molecular weight is 594 g/mol. The topological polar surface area (TPSA) is 77.1 Å². The van der Waals surface area contributed by atoms with Crippen molar-refractivity contribution in [3.05, 3.63) is 0 Å². The van der Waals surface area contributed by atoms with Gasteiger partial charge in [0.2, 0.25) is 0 Å². The zero-order chi connectivity index (χ0) is 29.8. The highest BCUT2D eigenvalue weighted by Crippen LogP contribution is 2.38. The van der Waals surface area contributed by atoms with E-state index in [1.165, 1.54) is 109 Å². The van der Waals surface area contributed by atoms with Crippen LogP contribution in [0.1, 0.15) is 142 Å². The van der Waals surface area contributed by atoms with Crippen molar-refractivity contribution in [1.82, 2.24) is 0 Å². The molecule has 0 N–H and O–H groups in total. The number of unbranched alkanes of at least 4 members (excludes halogenated alkanes) is 18. The summed E-state index contributed by atoms with van der Waals surface area (Å²) in [5.41, 5.74) is 0. The molecular formula is C32H68NO6P. The molecule has 0 saturated carbocycles. The maximum atomic E-state index is 12.2. The first-order valence-electron chi connectivity index (χ1n) is 16.8. The molecule has 0 fully saturated rings. The first-order valence-corrected chi connectivity index (χ1v) is 18.3. The van der Waals surface area contributed by atoms with Gasteiger partial charge in [-0.05, 0) is 12.8 Å². The first-order chi connectivity index (χ1) is 19.2. The van der Waals surface area contributed by atoms with Gasteiger partial charge in [-0.2, -0.15) is 0 Å². The van der Waals surface area contributed by atoms with E-state index >= 15 is 0 Å². The van der Waals surface area contributed by atoms with Gasteiger partial charge < -0.3 is 27.9 Å². The molecule has 0 heterocycles. The highest BCUT2D eigenvalue weighted by molar-refractivity contribution is 7.45. The molecule has 0 aliphatic carbocycles. The van der Waals surface area contributed by atoms with E-state index in [4.69, 9.17) is 18.5 Å². The summed E-state index contributed by atoms with van der Waals surface area (Å²) >= 11 is 0. The van der Waals surface area contributed by atoms with Crippen molar-refractivity contribution in [2.45, 2.75) is 148 Å². The lowest BCUT2D eigenvalue weighted by atomic mass is 10.1. The Morgan fingerprint density at radius 1 is 0.575 bits per heavy atom. The van der Waals surface area contributed by atoms with Crippen LogP contribution in [0, 0.1) is 0 Å². The Balaban J connectivity index is 4.18. The molecule has 8 heteroatoms. The molecule has 40 heavy (non-hydrogen) atoms. The van der Waals surface area contributed by atoms with Crippen molar-refractivity contribution in [1.29, 1.82) is 0 Å². The van der Waals surface area contributed by atoms with Crippen LogP contribution in [-0.4, -0.2) is 71.3 Å². The minimum atomic E-state index is -4.37. The van der Waals surface area contributed by atoms with E-state index in [2.05, 4.69) is 13.8 Å². The second kappa shape index (κ2) is 27.8. The number of hydrogen-bond acceptors (Lipinski definition) is 6. The Kier molecular flexibility index (Phi) is 27.8. The lowest BCUT2D eigenvalue weighted by Gasteiger charge is -2.28. The molecule has 242 valence electrons. The predicted molar refractivity (Wildman–Crippen MR) is 167 cm³/mol. The van der Waals surface area contributed by atoms with Crippen molar-refractivity contribution < 1.29 is 32.5 Å². The van der Waals surface area contributed by atoms with E-state index < -0.39 is 13.9 Å². The van der Waals surface area contributed by atoms with Gasteiger partial charge in [-0.1, -0.05) is 129 Å². The molecule has 0 rings (SSSR count). The van der Waals surface area contributed by atoms with E-state index in [1.807, 2.05) is 21.1 Å². The maximum absolute atomic E-state index is 12.2. The monoisotopic (exact) mass is 593 g/mol.